The third-order valence-corrected chi connectivity index (χ3v) is 5.97. The molecule has 0 amide bonds. The minimum atomic E-state index is -0.294. The van der Waals surface area contributed by atoms with Crippen molar-refractivity contribution in [1.82, 2.24) is 19.3 Å². The number of aromatic nitrogens is 4. The third kappa shape index (κ3) is 3.56. The summed E-state index contributed by atoms with van der Waals surface area (Å²) in [7, 11) is 0. The summed E-state index contributed by atoms with van der Waals surface area (Å²) in [5.41, 5.74) is 2.39. The van der Waals surface area contributed by atoms with Gasteiger partial charge < -0.3 is 4.57 Å². The fourth-order valence-electron chi connectivity index (χ4n) is 3.42. The largest absolute Gasteiger partial charge is 0.307 e. The molecule has 0 aliphatic carbocycles. The van der Waals surface area contributed by atoms with Crippen LogP contribution in [0.3, 0.4) is 0 Å². The summed E-state index contributed by atoms with van der Waals surface area (Å²) in [6, 6.07) is 9.06. The Hall–Kier alpha value is -2.98. The van der Waals surface area contributed by atoms with E-state index in [0.29, 0.717) is 12.1 Å². The molecule has 0 bridgehead atoms. The summed E-state index contributed by atoms with van der Waals surface area (Å²) in [5, 5.41) is 15.6. The number of aryl methyl sites for hydroxylation is 1. The predicted molar refractivity (Wildman–Crippen MR) is 108 cm³/mol. The molecule has 0 saturated carbocycles. The van der Waals surface area contributed by atoms with Crippen molar-refractivity contribution >= 4 is 22.2 Å². The van der Waals surface area contributed by atoms with Crippen LogP contribution in [0.1, 0.15) is 42.2 Å². The molecule has 0 atom stereocenters. The van der Waals surface area contributed by atoms with E-state index < -0.39 is 0 Å². The van der Waals surface area contributed by atoms with Gasteiger partial charge in [0.25, 0.3) is 0 Å². The number of nitrogens with zero attached hydrogens (tertiary/aromatic N) is 5. The minimum absolute atomic E-state index is 0.294. The SMILES string of the molecule is CCCCCc1cc(C#N)c(-n2cc(Cn3cncn3)c3ccc(F)cc32)s1. The second kappa shape index (κ2) is 7.95. The van der Waals surface area contributed by atoms with Gasteiger partial charge in [-0.3, -0.25) is 0 Å². The van der Waals surface area contributed by atoms with E-state index in [2.05, 4.69) is 23.1 Å². The van der Waals surface area contributed by atoms with Crippen LogP contribution in [0.4, 0.5) is 4.39 Å². The smallest absolute Gasteiger partial charge is 0.137 e. The lowest BCUT2D eigenvalue weighted by atomic mass is 10.1. The fourth-order valence-corrected chi connectivity index (χ4v) is 4.55. The Labute approximate surface area is 166 Å². The first-order valence-corrected chi connectivity index (χ1v) is 10.2. The van der Waals surface area contributed by atoms with Gasteiger partial charge in [0, 0.05) is 16.5 Å². The van der Waals surface area contributed by atoms with Crippen molar-refractivity contribution < 1.29 is 4.39 Å². The Balaban J connectivity index is 1.80. The highest BCUT2D eigenvalue weighted by Crippen LogP contribution is 2.33. The highest BCUT2D eigenvalue weighted by atomic mass is 32.1. The van der Waals surface area contributed by atoms with Gasteiger partial charge in [-0.2, -0.15) is 10.4 Å². The normalized spacial score (nSPS) is 11.2. The number of hydrogen-bond donors (Lipinski definition) is 0. The quantitative estimate of drug-likeness (QED) is 0.412. The number of benzene rings is 1. The maximum Gasteiger partial charge on any atom is 0.137 e. The summed E-state index contributed by atoms with van der Waals surface area (Å²) >= 11 is 1.61. The van der Waals surface area contributed by atoms with Crippen LogP contribution in [0.25, 0.3) is 15.9 Å². The Morgan fingerprint density at radius 1 is 1.25 bits per heavy atom. The summed E-state index contributed by atoms with van der Waals surface area (Å²) in [6.45, 7) is 2.71. The molecule has 0 aliphatic rings. The monoisotopic (exact) mass is 393 g/mol. The highest BCUT2D eigenvalue weighted by Gasteiger charge is 2.17. The first kappa shape index (κ1) is 18.4. The van der Waals surface area contributed by atoms with Crippen molar-refractivity contribution in [3.8, 4) is 11.1 Å². The van der Waals surface area contributed by atoms with Gasteiger partial charge in [-0.1, -0.05) is 19.8 Å². The molecule has 0 saturated heterocycles. The standard InChI is InChI=1S/C21H20FN5S/c1-2-3-4-5-18-8-15(10-23)21(28-18)27-12-16(11-26-14-24-13-25-26)19-7-6-17(22)9-20(19)27/h6-9,12-14H,2-5,11H2,1H3. The molecule has 0 N–H and O–H groups in total. The Kier molecular flexibility index (Phi) is 5.22. The zero-order chi connectivity index (χ0) is 19.5. The van der Waals surface area contributed by atoms with Gasteiger partial charge >= 0.3 is 0 Å². The molecule has 7 heteroatoms. The zero-order valence-corrected chi connectivity index (χ0v) is 16.4. The van der Waals surface area contributed by atoms with Gasteiger partial charge in [0.2, 0.25) is 0 Å². The van der Waals surface area contributed by atoms with Crippen molar-refractivity contribution in [2.24, 2.45) is 0 Å². The number of thiophene rings is 1. The topological polar surface area (TPSA) is 59.4 Å². The average molecular weight is 393 g/mol. The maximum atomic E-state index is 14.0. The van der Waals surface area contributed by atoms with Crippen LogP contribution in [0.2, 0.25) is 0 Å². The van der Waals surface area contributed by atoms with Gasteiger partial charge in [0.1, 0.15) is 29.5 Å². The van der Waals surface area contributed by atoms with Gasteiger partial charge in [0.05, 0.1) is 17.6 Å². The molecule has 3 heterocycles. The average Bonchev–Trinajstić information content (AvgIpc) is 3.41. The van der Waals surface area contributed by atoms with E-state index in [9.17, 15) is 9.65 Å². The first-order valence-electron chi connectivity index (χ1n) is 9.34. The lowest BCUT2D eigenvalue weighted by Crippen LogP contribution is -1.99. The van der Waals surface area contributed by atoms with Crippen LogP contribution in [0.15, 0.2) is 43.1 Å². The number of hydrogen-bond acceptors (Lipinski definition) is 4. The van der Waals surface area contributed by atoms with Crippen LogP contribution in [0, 0.1) is 17.1 Å². The Bertz CT molecular complexity index is 1130. The molecule has 28 heavy (non-hydrogen) atoms. The summed E-state index contributed by atoms with van der Waals surface area (Å²) < 4.78 is 17.7. The lowest BCUT2D eigenvalue weighted by molar-refractivity contribution is 0.629. The van der Waals surface area contributed by atoms with Gasteiger partial charge in [0.15, 0.2) is 0 Å². The van der Waals surface area contributed by atoms with E-state index in [4.69, 9.17) is 0 Å². The van der Waals surface area contributed by atoms with E-state index in [0.717, 1.165) is 40.7 Å². The zero-order valence-electron chi connectivity index (χ0n) is 15.6. The molecule has 142 valence electrons. The fraction of sp³-hybridized carbons (Fsp3) is 0.286. The highest BCUT2D eigenvalue weighted by molar-refractivity contribution is 7.14. The van der Waals surface area contributed by atoms with Crippen molar-refractivity contribution in [3.05, 3.63) is 64.9 Å². The second-order valence-corrected chi connectivity index (χ2v) is 7.89. The number of halogens is 1. The molecule has 0 fully saturated rings. The molecule has 4 aromatic rings. The van der Waals surface area contributed by atoms with E-state index >= 15 is 0 Å². The molecule has 3 aromatic heterocycles. The van der Waals surface area contributed by atoms with E-state index in [1.165, 1.54) is 29.8 Å². The number of fused-ring (bicyclic) bond motifs is 1. The van der Waals surface area contributed by atoms with Gasteiger partial charge in [-0.05, 0) is 42.7 Å². The van der Waals surface area contributed by atoms with Crippen LogP contribution < -0.4 is 0 Å². The molecule has 0 unspecified atom stereocenters. The maximum absolute atomic E-state index is 14.0. The molecular weight excluding hydrogens is 373 g/mol. The summed E-state index contributed by atoms with van der Waals surface area (Å²) in [6.07, 6.45) is 9.55. The molecule has 5 nitrogen and oxygen atoms in total. The number of unbranched alkanes of at least 4 members (excludes halogenated alkanes) is 2. The van der Waals surface area contributed by atoms with Crippen molar-refractivity contribution in [2.45, 2.75) is 39.2 Å². The molecule has 4 rings (SSSR count). The van der Waals surface area contributed by atoms with Crippen molar-refractivity contribution in [2.75, 3.05) is 0 Å². The molecule has 0 aliphatic heterocycles. The molecular formula is C21H20FN5S. The molecule has 1 aromatic carbocycles. The second-order valence-electron chi connectivity index (χ2n) is 6.78. The Morgan fingerprint density at radius 3 is 2.89 bits per heavy atom. The molecule has 0 spiro atoms. The van der Waals surface area contributed by atoms with Crippen LogP contribution >= 0.6 is 11.3 Å². The van der Waals surface area contributed by atoms with E-state index in [1.54, 1.807) is 28.4 Å². The number of rotatable bonds is 7. The van der Waals surface area contributed by atoms with E-state index in [-0.39, 0.29) is 5.82 Å². The lowest BCUT2D eigenvalue weighted by Gasteiger charge is -2.03. The van der Waals surface area contributed by atoms with E-state index in [1.807, 2.05) is 16.8 Å². The summed E-state index contributed by atoms with van der Waals surface area (Å²) in [4.78, 5) is 5.18. The number of nitriles is 1. The Morgan fingerprint density at radius 2 is 2.14 bits per heavy atom. The van der Waals surface area contributed by atoms with Crippen molar-refractivity contribution in [1.29, 1.82) is 5.26 Å². The third-order valence-electron chi connectivity index (χ3n) is 4.78. The minimum Gasteiger partial charge on any atom is -0.307 e. The van der Waals surface area contributed by atoms with Crippen LogP contribution in [-0.2, 0) is 13.0 Å². The van der Waals surface area contributed by atoms with Gasteiger partial charge in [-0.15, -0.1) is 11.3 Å². The molecule has 0 radical (unpaired) electrons. The van der Waals surface area contributed by atoms with Crippen molar-refractivity contribution in [3.63, 3.8) is 0 Å². The first-order chi connectivity index (χ1) is 13.7. The van der Waals surface area contributed by atoms with Gasteiger partial charge in [-0.25, -0.2) is 14.1 Å². The van der Waals surface area contributed by atoms with Crippen LogP contribution in [-0.4, -0.2) is 19.3 Å². The summed E-state index contributed by atoms with van der Waals surface area (Å²) in [5.74, 6) is -0.294. The predicted octanol–water partition coefficient (Wildman–Crippen LogP) is 5.08. The van der Waals surface area contributed by atoms with Crippen LogP contribution in [0.5, 0.6) is 0 Å².